The third-order valence-electron chi connectivity index (χ3n) is 7.73. The molecule has 48 heavy (non-hydrogen) atoms. The number of nitrogens with zero attached hydrogens (tertiary/aromatic N) is 4. The summed E-state index contributed by atoms with van der Waals surface area (Å²) in [6.07, 6.45) is 0. The van der Waals surface area contributed by atoms with Gasteiger partial charge in [-0.25, -0.2) is 0 Å². The summed E-state index contributed by atoms with van der Waals surface area (Å²) >= 11 is 0. The smallest absolute Gasteiger partial charge is 0.252 e. The molecule has 6 rings (SSSR count). The molecule has 0 saturated heterocycles. The van der Waals surface area contributed by atoms with E-state index in [9.17, 15) is 19.8 Å². The van der Waals surface area contributed by atoms with Gasteiger partial charge in [0.1, 0.15) is 34.2 Å². The molecule has 0 spiro atoms. The Kier molecular flexibility index (Phi) is 8.37. The number of methoxy groups -OCH3 is 2. The molecule has 2 amide bonds. The fourth-order valence-electron chi connectivity index (χ4n) is 5.30. The highest BCUT2D eigenvalue weighted by Gasteiger charge is 2.18. The van der Waals surface area contributed by atoms with Crippen LogP contribution >= 0.6 is 0 Å². The maximum atomic E-state index is 12.0. The van der Waals surface area contributed by atoms with Crippen molar-refractivity contribution >= 4 is 56.1 Å². The topological polar surface area (TPSA) is 195 Å². The Bertz CT molecular complexity index is 2160. The van der Waals surface area contributed by atoms with Crippen LogP contribution in [-0.2, 0) is 0 Å². The van der Waals surface area contributed by atoms with Crippen LogP contribution < -0.4 is 20.9 Å². The molecule has 12 nitrogen and oxygen atoms in total. The van der Waals surface area contributed by atoms with Crippen LogP contribution in [0, 0.1) is 0 Å². The number of primary amides is 2. The Balaban J connectivity index is 1.33. The Morgan fingerprint density at radius 3 is 1.33 bits per heavy atom. The van der Waals surface area contributed by atoms with Crippen molar-refractivity contribution in [1.82, 2.24) is 0 Å². The predicted octanol–water partition coefficient (Wildman–Crippen LogP) is 8.12. The van der Waals surface area contributed by atoms with Crippen LogP contribution in [0.25, 0.3) is 32.7 Å². The highest BCUT2D eigenvalue weighted by Crippen LogP contribution is 2.43. The van der Waals surface area contributed by atoms with Gasteiger partial charge in [-0.3, -0.25) is 9.59 Å². The van der Waals surface area contributed by atoms with E-state index >= 15 is 0 Å². The maximum Gasteiger partial charge on any atom is 0.252 e. The Morgan fingerprint density at radius 1 is 0.562 bits per heavy atom. The third kappa shape index (κ3) is 5.81. The van der Waals surface area contributed by atoms with Gasteiger partial charge in [0.15, 0.2) is 11.5 Å². The Morgan fingerprint density at radius 2 is 0.958 bits per heavy atom. The summed E-state index contributed by atoms with van der Waals surface area (Å²) in [4.78, 5) is 23.9. The van der Waals surface area contributed by atoms with Crippen molar-refractivity contribution in [3.8, 4) is 34.1 Å². The number of azo groups is 2. The summed E-state index contributed by atoms with van der Waals surface area (Å²) in [5, 5.41) is 41.3. The van der Waals surface area contributed by atoms with Crippen LogP contribution in [0.1, 0.15) is 20.7 Å². The minimum Gasteiger partial charge on any atom is -0.505 e. The molecular weight excluding hydrogens is 612 g/mol. The fraction of sp³-hybridized carbons (Fsp3) is 0.0556. The van der Waals surface area contributed by atoms with E-state index in [1.165, 1.54) is 26.4 Å². The largest absolute Gasteiger partial charge is 0.505 e. The first-order chi connectivity index (χ1) is 23.2. The second-order valence-corrected chi connectivity index (χ2v) is 10.6. The normalized spacial score (nSPS) is 11.5. The number of fused-ring (bicyclic) bond motifs is 2. The predicted molar refractivity (Wildman–Crippen MR) is 182 cm³/mol. The van der Waals surface area contributed by atoms with Crippen molar-refractivity contribution in [2.24, 2.45) is 31.9 Å². The zero-order chi connectivity index (χ0) is 33.9. The standard InChI is InChI=1S/C36H28N6O6/c1-47-29-17-19(11-13-27(29)39-41-31-23-9-5-3-7-21(23)15-25(33(31)43)35(37)45)20-12-14-28(30(18-20)48-2)40-42-32-24-10-6-4-8-22(24)16-26(34(32)44)36(38)46/h3-18,43-44H,1-2H3,(H2,37,45)(H2,38,46). The van der Waals surface area contributed by atoms with E-state index in [2.05, 4.69) is 20.5 Å². The van der Waals surface area contributed by atoms with Crippen molar-refractivity contribution in [2.45, 2.75) is 0 Å². The van der Waals surface area contributed by atoms with Crippen molar-refractivity contribution < 1.29 is 29.3 Å². The highest BCUT2D eigenvalue weighted by molar-refractivity contribution is 6.07. The first kappa shape index (κ1) is 31.2. The van der Waals surface area contributed by atoms with E-state index < -0.39 is 11.8 Å². The van der Waals surface area contributed by atoms with Gasteiger partial charge in [-0.05, 0) is 58.3 Å². The van der Waals surface area contributed by atoms with Gasteiger partial charge >= 0.3 is 0 Å². The summed E-state index contributed by atoms with van der Waals surface area (Å²) in [7, 11) is 2.99. The van der Waals surface area contributed by atoms with Crippen LogP contribution in [0.5, 0.6) is 23.0 Å². The average Bonchev–Trinajstić information content (AvgIpc) is 3.10. The number of amides is 2. The van der Waals surface area contributed by atoms with Crippen molar-refractivity contribution in [1.29, 1.82) is 0 Å². The van der Waals surface area contributed by atoms with Crippen molar-refractivity contribution in [2.75, 3.05) is 14.2 Å². The number of hydrogen-bond acceptors (Lipinski definition) is 10. The van der Waals surface area contributed by atoms with Crippen LogP contribution in [0.2, 0.25) is 0 Å². The summed E-state index contributed by atoms with van der Waals surface area (Å²) in [6, 6.07) is 27.8. The van der Waals surface area contributed by atoms with Crippen molar-refractivity contribution in [3.05, 3.63) is 108 Å². The van der Waals surface area contributed by atoms with Gasteiger partial charge in [0.05, 0.1) is 25.3 Å². The first-order valence-electron chi connectivity index (χ1n) is 14.5. The minimum atomic E-state index is -0.788. The Labute approximate surface area is 273 Å². The van der Waals surface area contributed by atoms with Crippen molar-refractivity contribution in [3.63, 3.8) is 0 Å². The molecule has 0 aliphatic rings. The molecule has 6 N–H and O–H groups in total. The zero-order valence-corrected chi connectivity index (χ0v) is 25.7. The molecule has 238 valence electrons. The molecule has 6 aromatic carbocycles. The molecule has 0 heterocycles. The number of benzene rings is 6. The van der Waals surface area contributed by atoms with E-state index in [0.29, 0.717) is 44.4 Å². The van der Waals surface area contributed by atoms with Crippen LogP contribution in [-0.4, -0.2) is 36.2 Å². The maximum absolute atomic E-state index is 12.0. The summed E-state index contributed by atoms with van der Waals surface area (Å²) in [5.74, 6) is -1.52. The number of nitrogens with two attached hydrogens (primary N) is 2. The van der Waals surface area contributed by atoms with Gasteiger partial charge in [-0.15, -0.1) is 20.5 Å². The van der Waals surface area contributed by atoms with E-state index in [-0.39, 0.29) is 34.0 Å². The molecule has 12 heteroatoms. The molecule has 0 fully saturated rings. The molecule has 0 aliphatic heterocycles. The molecule has 0 unspecified atom stereocenters. The van der Waals surface area contributed by atoms with E-state index in [0.717, 1.165) is 11.1 Å². The molecule has 0 saturated carbocycles. The molecule has 0 bridgehead atoms. The van der Waals surface area contributed by atoms with Gasteiger partial charge in [0.2, 0.25) is 0 Å². The van der Waals surface area contributed by atoms with Crippen LogP contribution in [0.4, 0.5) is 22.7 Å². The van der Waals surface area contributed by atoms with Gasteiger partial charge < -0.3 is 31.2 Å². The highest BCUT2D eigenvalue weighted by atomic mass is 16.5. The quantitative estimate of drug-likeness (QED) is 0.115. The lowest BCUT2D eigenvalue weighted by Crippen LogP contribution is -2.11. The van der Waals surface area contributed by atoms with E-state index in [1.54, 1.807) is 72.8 Å². The number of phenols is 2. The fourth-order valence-corrected chi connectivity index (χ4v) is 5.30. The van der Waals surface area contributed by atoms with Gasteiger partial charge in [0, 0.05) is 10.8 Å². The lowest BCUT2D eigenvalue weighted by Gasteiger charge is -2.11. The lowest BCUT2D eigenvalue weighted by molar-refractivity contribution is 0.0989. The number of rotatable bonds is 9. The van der Waals surface area contributed by atoms with Gasteiger partial charge in [0.25, 0.3) is 11.8 Å². The van der Waals surface area contributed by atoms with E-state index in [1.807, 2.05) is 12.1 Å². The first-order valence-corrected chi connectivity index (χ1v) is 14.5. The van der Waals surface area contributed by atoms with Crippen LogP contribution in [0.3, 0.4) is 0 Å². The molecule has 0 radical (unpaired) electrons. The number of carbonyl (C=O) groups is 2. The number of carbonyl (C=O) groups excluding carboxylic acids is 2. The molecule has 0 aliphatic carbocycles. The molecule has 6 aromatic rings. The molecule has 0 atom stereocenters. The second kappa shape index (κ2) is 12.9. The number of ether oxygens (including phenoxy) is 2. The third-order valence-corrected chi connectivity index (χ3v) is 7.73. The average molecular weight is 641 g/mol. The second-order valence-electron chi connectivity index (χ2n) is 10.6. The summed E-state index contributed by atoms with van der Waals surface area (Å²) in [6.45, 7) is 0. The zero-order valence-electron chi connectivity index (χ0n) is 25.7. The van der Waals surface area contributed by atoms with Gasteiger partial charge in [-0.2, -0.15) is 0 Å². The van der Waals surface area contributed by atoms with Crippen LogP contribution in [0.15, 0.2) is 118 Å². The van der Waals surface area contributed by atoms with E-state index in [4.69, 9.17) is 20.9 Å². The number of hydrogen-bond donors (Lipinski definition) is 4. The minimum absolute atomic E-state index is 0.0637. The molecule has 0 aromatic heterocycles. The lowest BCUT2D eigenvalue weighted by atomic mass is 10.0. The SMILES string of the molecule is COc1cc(-c2ccc(N=Nc3c(O)c(C(N)=O)cc4ccccc34)c(OC)c2)ccc1N=Nc1c(O)c(C(N)=O)cc2ccccc12. The van der Waals surface area contributed by atoms with Gasteiger partial charge in [-0.1, -0.05) is 60.7 Å². The number of aromatic hydroxyl groups is 2. The monoisotopic (exact) mass is 640 g/mol. The summed E-state index contributed by atoms with van der Waals surface area (Å²) < 4.78 is 11.2. The Hall–Kier alpha value is -6.82. The molecular formula is C36H28N6O6. The summed E-state index contributed by atoms with van der Waals surface area (Å²) in [5.41, 5.74) is 13.3.